The second-order valence-electron chi connectivity index (χ2n) is 6.58. The Bertz CT molecular complexity index is 1200. The lowest BCUT2D eigenvalue weighted by Gasteiger charge is -2.04. The minimum absolute atomic E-state index is 0.0134. The number of oxazole rings is 1. The standard InChI is InChI=1S/C21H19N3O4/c1-13(2)24-17-10-7-15(12-18(17)27-21(24)25)20-22-19(28-23-20)11-6-14-4-8-16(26-3)9-5-14/h4-13H,1-3H3. The highest BCUT2D eigenvalue weighted by molar-refractivity contribution is 5.79. The first kappa shape index (κ1) is 17.8. The van der Waals surface area contributed by atoms with Crippen LogP contribution in [-0.2, 0) is 0 Å². The molecule has 0 aliphatic rings. The van der Waals surface area contributed by atoms with Gasteiger partial charge in [0.1, 0.15) is 5.75 Å². The van der Waals surface area contributed by atoms with E-state index in [2.05, 4.69) is 10.1 Å². The highest BCUT2D eigenvalue weighted by atomic mass is 16.5. The summed E-state index contributed by atoms with van der Waals surface area (Å²) in [5.74, 6) is 1.23. The van der Waals surface area contributed by atoms with E-state index in [1.807, 2.05) is 56.3 Å². The quantitative estimate of drug-likeness (QED) is 0.512. The van der Waals surface area contributed by atoms with Crippen LogP contribution in [0.4, 0.5) is 0 Å². The van der Waals surface area contributed by atoms with Crippen molar-refractivity contribution in [3.05, 3.63) is 64.5 Å². The number of fused-ring (bicyclic) bond motifs is 1. The largest absolute Gasteiger partial charge is 0.497 e. The molecule has 7 nitrogen and oxygen atoms in total. The Hall–Kier alpha value is -3.61. The van der Waals surface area contributed by atoms with Crippen molar-refractivity contribution in [2.45, 2.75) is 19.9 Å². The third kappa shape index (κ3) is 3.34. The van der Waals surface area contributed by atoms with Gasteiger partial charge in [-0.05, 0) is 55.8 Å². The van der Waals surface area contributed by atoms with Crippen LogP contribution in [0.3, 0.4) is 0 Å². The molecule has 7 heteroatoms. The van der Waals surface area contributed by atoms with Gasteiger partial charge in [0.05, 0.1) is 12.6 Å². The molecular weight excluding hydrogens is 358 g/mol. The number of hydrogen-bond donors (Lipinski definition) is 0. The molecule has 2 aromatic heterocycles. The lowest BCUT2D eigenvalue weighted by molar-refractivity contribution is 0.411. The van der Waals surface area contributed by atoms with E-state index in [4.69, 9.17) is 13.7 Å². The van der Waals surface area contributed by atoms with Crippen LogP contribution in [0.5, 0.6) is 5.75 Å². The Morgan fingerprint density at radius 1 is 1.11 bits per heavy atom. The summed E-state index contributed by atoms with van der Waals surface area (Å²) in [4.78, 5) is 16.4. The first-order valence-corrected chi connectivity index (χ1v) is 8.86. The lowest BCUT2D eigenvalue weighted by atomic mass is 10.2. The number of methoxy groups -OCH3 is 1. The minimum Gasteiger partial charge on any atom is -0.497 e. The molecule has 0 bridgehead atoms. The normalized spacial score (nSPS) is 11.7. The maximum atomic E-state index is 12.0. The third-order valence-corrected chi connectivity index (χ3v) is 4.36. The number of ether oxygens (including phenoxy) is 1. The van der Waals surface area contributed by atoms with E-state index in [0.717, 1.165) is 16.8 Å². The van der Waals surface area contributed by atoms with E-state index < -0.39 is 0 Å². The molecule has 0 fully saturated rings. The van der Waals surface area contributed by atoms with Crippen LogP contribution in [0.15, 0.2) is 56.2 Å². The van der Waals surface area contributed by atoms with Crippen molar-refractivity contribution in [2.24, 2.45) is 0 Å². The molecule has 0 aliphatic carbocycles. The summed E-state index contributed by atoms with van der Waals surface area (Å²) in [6, 6.07) is 13.1. The van der Waals surface area contributed by atoms with Crippen molar-refractivity contribution >= 4 is 23.3 Å². The SMILES string of the molecule is COc1ccc(C=Cc2nc(-c3ccc4c(c3)oc(=O)n4C(C)C)no2)cc1. The highest BCUT2D eigenvalue weighted by Gasteiger charge is 2.14. The number of rotatable bonds is 5. The van der Waals surface area contributed by atoms with Crippen LogP contribution in [0.25, 0.3) is 34.6 Å². The van der Waals surface area contributed by atoms with E-state index in [9.17, 15) is 4.79 Å². The topological polar surface area (TPSA) is 83.3 Å². The molecule has 28 heavy (non-hydrogen) atoms. The number of hydrogen-bond acceptors (Lipinski definition) is 6. The van der Waals surface area contributed by atoms with Gasteiger partial charge in [0.15, 0.2) is 5.58 Å². The van der Waals surface area contributed by atoms with Crippen molar-refractivity contribution in [3.8, 4) is 17.1 Å². The second kappa shape index (κ2) is 7.19. The summed E-state index contributed by atoms with van der Waals surface area (Å²) in [7, 11) is 1.63. The van der Waals surface area contributed by atoms with Crippen LogP contribution >= 0.6 is 0 Å². The Morgan fingerprint density at radius 2 is 1.89 bits per heavy atom. The predicted octanol–water partition coefficient (Wildman–Crippen LogP) is 4.40. The van der Waals surface area contributed by atoms with Crippen molar-refractivity contribution in [1.29, 1.82) is 0 Å². The Labute approximate surface area is 160 Å². The molecule has 0 amide bonds. The molecule has 142 valence electrons. The molecule has 0 spiro atoms. The van der Waals surface area contributed by atoms with E-state index in [1.165, 1.54) is 0 Å². The second-order valence-corrected chi connectivity index (χ2v) is 6.58. The van der Waals surface area contributed by atoms with Gasteiger partial charge in [-0.2, -0.15) is 4.98 Å². The Kier molecular flexibility index (Phi) is 4.57. The predicted molar refractivity (Wildman–Crippen MR) is 106 cm³/mol. The van der Waals surface area contributed by atoms with Crippen LogP contribution in [0.1, 0.15) is 31.3 Å². The molecule has 0 aliphatic heterocycles. The van der Waals surface area contributed by atoms with Crippen LogP contribution in [0.2, 0.25) is 0 Å². The smallest absolute Gasteiger partial charge is 0.420 e. The highest BCUT2D eigenvalue weighted by Crippen LogP contribution is 2.24. The first-order chi connectivity index (χ1) is 13.5. The zero-order valence-corrected chi connectivity index (χ0v) is 15.7. The van der Waals surface area contributed by atoms with E-state index in [1.54, 1.807) is 23.8 Å². The van der Waals surface area contributed by atoms with Crippen LogP contribution in [0, 0.1) is 0 Å². The number of aromatic nitrogens is 3. The summed E-state index contributed by atoms with van der Waals surface area (Å²) in [5, 5.41) is 4.01. The number of nitrogens with zero attached hydrogens (tertiary/aromatic N) is 3. The van der Waals surface area contributed by atoms with Gasteiger partial charge in [0.25, 0.3) is 5.89 Å². The molecule has 0 unspecified atom stereocenters. The van der Waals surface area contributed by atoms with Crippen molar-refractivity contribution in [1.82, 2.24) is 14.7 Å². The summed E-state index contributed by atoms with van der Waals surface area (Å²) < 4.78 is 17.4. The average molecular weight is 377 g/mol. The Balaban J connectivity index is 1.60. The molecule has 0 saturated carbocycles. The fourth-order valence-electron chi connectivity index (χ4n) is 2.97. The molecule has 4 rings (SSSR count). The molecule has 0 N–H and O–H groups in total. The summed E-state index contributed by atoms with van der Waals surface area (Å²) >= 11 is 0. The van der Waals surface area contributed by atoms with Gasteiger partial charge in [-0.3, -0.25) is 4.57 Å². The average Bonchev–Trinajstić information content (AvgIpc) is 3.29. The summed E-state index contributed by atoms with van der Waals surface area (Å²) in [6.07, 6.45) is 3.62. The zero-order chi connectivity index (χ0) is 19.7. The molecule has 0 atom stereocenters. The van der Waals surface area contributed by atoms with Gasteiger partial charge in [0, 0.05) is 17.7 Å². The van der Waals surface area contributed by atoms with Gasteiger partial charge < -0.3 is 13.7 Å². The monoisotopic (exact) mass is 377 g/mol. The van der Waals surface area contributed by atoms with Crippen molar-refractivity contribution in [2.75, 3.05) is 7.11 Å². The van der Waals surface area contributed by atoms with Crippen molar-refractivity contribution < 1.29 is 13.7 Å². The van der Waals surface area contributed by atoms with E-state index in [-0.39, 0.29) is 11.8 Å². The first-order valence-electron chi connectivity index (χ1n) is 8.86. The number of benzene rings is 2. The molecular formula is C21H19N3O4. The fraction of sp³-hybridized carbons (Fsp3) is 0.190. The van der Waals surface area contributed by atoms with Gasteiger partial charge in [0.2, 0.25) is 5.82 Å². The van der Waals surface area contributed by atoms with Gasteiger partial charge in [-0.1, -0.05) is 17.3 Å². The molecule has 4 aromatic rings. The van der Waals surface area contributed by atoms with E-state index in [0.29, 0.717) is 22.9 Å². The maximum absolute atomic E-state index is 12.0. The zero-order valence-electron chi connectivity index (χ0n) is 15.7. The molecule has 2 aromatic carbocycles. The lowest BCUT2D eigenvalue weighted by Crippen LogP contribution is -2.15. The van der Waals surface area contributed by atoms with E-state index >= 15 is 0 Å². The minimum atomic E-state index is -0.377. The maximum Gasteiger partial charge on any atom is 0.420 e. The molecule has 0 radical (unpaired) electrons. The van der Waals surface area contributed by atoms with Crippen LogP contribution in [-0.4, -0.2) is 21.8 Å². The van der Waals surface area contributed by atoms with Gasteiger partial charge in [-0.25, -0.2) is 4.79 Å². The van der Waals surface area contributed by atoms with Gasteiger partial charge in [-0.15, -0.1) is 0 Å². The Morgan fingerprint density at radius 3 is 2.61 bits per heavy atom. The summed E-state index contributed by atoms with van der Waals surface area (Å²) in [5.41, 5.74) is 2.94. The third-order valence-electron chi connectivity index (χ3n) is 4.36. The molecule has 0 saturated heterocycles. The van der Waals surface area contributed by atoms with Crippen molar-refractivity contribution in [3.63, 3.8) is 0 Å². The van der Waals surface area contributed by atoms with Crippen LogP contribution < -0.4 is 10.5 Å². The summed E-state index contributed by atoms with van der Waals surface area (Å²) in [6.45, 7) is 3.87. The fourth-order valence-corrected chi connectivity index (χ4v) is 2.97. The van der Waals surface area contributed by atoms with Gasteiger partial charge >= 0.3 is 5.76 Å². The molecule has 2 heterocycles.